The number of ether oxygens (including phenoxy) is 1. The molecule has 3 aromatic rings. The second-order valence-electron chi connectivity index (χ2n) is 6.20. The zero-order valence-corrected chi connectivity index (χ0v) is 14.8. The van der Waals surface area contributed by atoms with E-state index in [1.165, 1.54) is 23.5 Å². The molecule has 1 amide bonds. The summed E-state index contributed by atoms with van der Waals surface area (Å²) >= 11 is 1.46. The lowest BCUT2D eigenvalue weighted by molar-refractivity contribution is -0.0226. The van der Waals surface area contributed by atoms with Crippen LogP contribution in [-0.2, 0) is 11.8 Å². The summed E-state index contributed by atoms with van der Waals surface area (Å²) < 4.78 is 20.7. The van der Waals surface area contributed by atoms with Crippen LogP contribution in [0.2, 0.25) is 0 Å². The first-order valence-electron chi connectivity index (χ1n) is 8.12. The van der Waals surface area contributed by atoms with Crippen LogP contribution in [0.15, 0.2) is 30.3 Å². The number of thiophene rings is 1. The van der Waals surface area contributed by atoms with Crippen LogP contribution in [0.3, 0.4) is 0 Å². The summed E-state index contributed by atoms with van der Waals surface area (Å²) in [5.74, 6) is -0.266. The molecule has 130 valence electrons. The molecule has 25 heavy (non-hydrogen) atoms. The van der Waals surface area contributed by atoms with Crippen molar-refractivity contribution >= 4 is 27.5 Å². The molecule has 1 saturated heterocycles. The third kappa shape index (κ3) is 2.94. The highest BCUT2D eigenvalue weighted by atomic mass is 32.1. The number of hydrogen-bond donors (Lipinski definition) is 0. The normalized spacial score (nSPS) is 18.0. The van der Waals surface area contributed by atoms with Crippen molar-refractivity contribution < 1.29 is 13.9 Å². The molecular formula is C18H18FN3O2S. The molecule has 1 aliphatic rings. The van der Waals surface area contributed by atoms with Crippen molar-refractivity contribution in [1.82, 2.24) is 14.7 Å². The summed E-state index contributed by atoms with van der Waals surface area (Å²) in [6, 6.07) is 8.18. The van der Waals surface area contributed by atoms with Crippen LogP contribution in [0.4, 0.5) is 4.39 Å². The van der Waals surface area contributed by atoms with Gasteiger partial charge in [-0.3, -0.25) is 9.48 Å². The van der Waals surface area contributed by atoms with Gasteiger partial charge in [0.15, 0.2) is 0 Å². The standard InChI is InChI=1S/C18H18FN3O2S/c1-11-14-9-16(25-18(14)21(2)20-11)17(23)22-7-8-24-15(10-22)12-3-5-13(19)6-4-12/h3-6,9,15H,7-8,10H2,1-2H3. The van der Waals surface area contributed by atoms with E-state index in [0.717, 1.165) is 21.5 Å². The fourth-order valence-corrected chi connectivity index (χ4v) is 4.27. The predicted octanol–water partition coefficient (Wildman–Crippen LogP) is 3.30. The quantitative estimate of drug-likeness (QED) is 0.705. The Morgan fingerprint density at radius 1 is 1.36 bits per heavy atom. The van der Waals surface area contributed by atoms with Gasteiger partial charge < -0.3 is 9.64 Å². The number of fused-ring (bicyclic) bond motifs is 1. The third-order valence-electron chi connectivity index (χ3n) is 4.50. The number of halogens is 1. The summed E-state index contributed by atoms with van der Waals surface area (Å²) in [6.45, 7) is 3.44. The van der Waals surface area contributed by atoms with Gasteiger partial charge >= 0.3 is 0 Å². The molecule has 2 aromatic heterocycles. The van der Waals surface area contributed by atoms with E-state index in [0.29, 0.717) is 24.6 Å². The Labute approximate surface area is 148 Å². The van der Waals surface area contributed by atoms with Crippen molar-refractivity contribution in [2.75, 3.05) is 19.7 Å². The van der Waals surface area contributed by atoms with Crippen LogP contribution >= 0.6 is 11.3 Å². The summed E-state index contributed by atoms with van der Waals surface area (Å²) in [4.78, 5) is 16.4. The lowest BCUT2D eigenvalue weighted by Gasteiger charge is -2.33. The maximum absolute atomic E-state index is 13.1. The van der Waals surface area contributed by atoms with Gasteiger partial charge in [0.1, 0.15) is 16.8 Å². The molecule has 4 rings (SSSR count). The molecule has 0 N–H and O–H groups in total. The van der Waals surface area contributed by atoms with Crippen LogP contribution in [0.5, 0.6) is 0 Å². The second-order valence-corrected chi connectivity index (χ2v) is 7.23. The van der Waals surface area contributed by atoms with Crippen molar-refractivity contribution in [3.8, 4) is 0 Å². The van der Waals surface area contributed by atoms with E-state index in [2.05, 4.69) is 5.10 Å². The second kappa shape index (κ2) is 6.24. The molecule has 0 bridgehead atoms. The number of carbonyl (C=O) groups is 1. The minimum absolute atomic E-state index is 0.0102. The van der Waals surface area contributed by atoms with Crippen molar-refractivity contribution in [2.45, 2.75) is 13.0 Å². The van der Waals surface area contributed by atoms with Gasteiger partial charge in [0.05, 0.1) is 23.7 Å². The SMILES string of the molecule is Cc1nn(C)c2sc(C(=O)N3CCOC(c4ccc(F)cc4)C3)cc12. The van der Waals surface area contributed by atoms with Crippen molar-refractivity contribution in [2.24, 2.45) is 7.05 Å². The topological polar surface area (TPSA) is 47.4 Å². The van der Waals surface area contributed by atoms with Gasteiger partial charge in [0.2, 0.25) is 0 Å². The zero-order valence-electron chi connectivity index (χ0n) is 14.0. The van der Waals surface area contributed by atoms with Gasteiger partial charge in [-0.2, -0.15) is 5.10 Å². The minimum atomic E-state index is -0.276. The Morgan fingerprint density at radius 3 is 2.84 bits per heavy atom. The van der Waals surface area contributed by atoms with Gasteiger partial charge in [-0.1, -0.05) is 12.1 Å². The predicted molar refractivity (Wildman–Crippen MR) is 94.3 cm³/mol. The lowest BCUT2D eigenvalue weighted by Crippen LogP contribution is -2.42. The molecular weight excluding hydrogens is 341 g/mol. The average molecular weight is 359 g/mol. The number of aromatic nitrogens is 2. The van der Waals surface area contributed by atoms with Crippen LogP contribution in [0.1, 0.15) is 27.0 Å². The molecule has 1 fully saturated rings. The highest BCUT2D eigenvalue weighted by Gasteiger charge is 2.27. The molecule has 0 radical (unpaired) electrons. The monoisotopic (exact) mass is 359 g/mol. The van der Waals surface area contributed by atoms with Gasteiger partial charge in [-0.25, -0.2) is 4.39 Å². The summed E-state index contributed by atoms with van der Waals surface area (Å²) in [7, 11) is 1.89. The highest BCUT2D eigenvalue weighted by Crippen LogP contribution is 2.30. The average Bonchev–Trinajstić information content (AvgIpc) is 3.17. The van der Waals surface area contributed by atoms with Gasteiger partial charge in [0, 0.05) is 19.0 Å². The van der Waals surface area contributed by atoms with E-state index in [1.807, 2.05) is 29.6 Å². The number of carbonyl (C=O) groups excluding carboxylic acids is 1. The molecule has 0 spiro atoms. The fraction of sp³-hybridized carbons (Fsp3) is 0.333. The Balaban J connectivity index is 1.56. The van der Waals surface area contributed by atoms with Gasteiger partial charge in [-0.05, 0) is 30.7 Å². The first-order valence-corrected chi connectivity index (χ1v) is 8.94. The Bertz CT molecular complexity index is 897. The van der Waals surface area contributed by atoms with E-state index in [4.69, 9.17) is 4.74 Å². The first-order chi connectivity index (χ1) is 12.0. The van der Waals surface area contributed by atoms with Crippen molar-refractivity contribution in [3.63, 3.8) is 0 Å². The van der Waals surface area contributed by atoms with Crippen molar-refractivity contribution in [1.29, 1.82) is 0 Å². The van der Waals surface area contributed by atoms with E-state index in [9.17, 15) is 9.18 Å². The molecule has 1 aromatic carbocycles. The van der Waals surface area contributed by atoms with E-state index >= 15 is 0 Å². The van der Waals surface area contributed by atoms with Gasteiger partial charge in [0.25, 0.3) is 5.91 Å². The van der Waals surface area contributed by atoms with Crippen LogP contribution in [0.25, 0.3) is 10.2 Å². The Kier molecular flexibility index (Phi) is 4.05. The molecule has 1 atom stereocenters. The number of nitrogens with zero attached hydrogens (tertiary/aromatic N) is 3. The maximum atomic E-state index is 13.1. The lowest BCUT2D eigenvalue weighted by atomic mass is 10.1. The van der Waals surface area contributed by atoms with Crippen LogP contribution in [-0.4, -0.2) is 40.3 Å². The fourth-order valence-electron chi connectivity index (χ4n) is 3.18. The number of morpholine rings is 1. The van der Waals surface area contributed by atoms with Crippen LogP contribution in [0, 0.1) is 12.7 Å². The number of aryl methyl sites for hydroxylation is 2. The molecule has 1 unspecified atom stereocenters. The minimum Gasteiger partial charge on any atom is -0.370 e. The smallest absolute Gasteiger partial charge is 0.264 e. The number of hydrogen-bond acceptors (Lipinski definition) is 4. The van der Waals surface area contributed by atoms with Crippen LogP contribution < -0.4 is 0 Å². The summed E-state index contributed by atoms with van der Waals surface area (Å²) in [5, 5.41) is 5.40. The molecule has 0 aliphatic carbocycles. The van der Waals surface area contributed by atoms with Crippen molar-refractivity contribution in [3.05, 3.63) is 52.3 Å². The molecule has 3 heterocycles. The Morgan fingerprint density at radius 2 is 2.12 bits per heavy atom. The van der Waals surface area contributed by atoms with E-state index in [1.54, 1.807) is 12.1 Å². The molecule has 0 saturated carbocycles. The molecule has 5 nitrogen and oxygen atoms in total. The Hall–Kier alpha value is -2.25. The molecule has 1 aliphatic heterocycles. The number of rotatable bonds is 2. The highest BCUT2D eigenvalue weighted by molar-refractivity contribution is 7.20. The number of benzene rings is 1. The molecule has 7 heteroatoms. The first kappa shape index (κ1) is 16.2. The largest absolute Gasteiger partial charge is 0.370 e. The zero-order chi connectivity index (χ0) is 17.6. The van der Waals surface area contributed by atoms with E-state index < -0.39 is 0 Å². The summed E-state index contributed by atoms with van der Waals surface area (Å²) in [5.41, 5.74) is 1.81. The summed E-state index contributed by atoms with van der Waals surface area (Å²) in [6.07, 6.45) is -0.226. The number of amides is 1. The maximum Gasteiger partial charge on any atom is 0.264 e. The van der Waals surface area contributed by atoms with Gasteiger partial charge in [-0.15, -0.1) is 11.3 Å². The third-order valence-corrected chi connectivity index (χ3v) is 5.69. The van der Waals surface area contributed by atoms with E-state index in [-0.39, 0.29) is 17.8 Å².